The molecule has 3 N–H and O–H groups in total. The zero-order valence-electron chi connectivity index (χ0n) is 16.8. The summed E-state index contributed by atoms with van der Waals surface area (Å²) in [5, 5.41) is 11.9. The van der Waals surface area contributed by atoms with E-state index in [9.17, 15) is 9.18 Å². The summed E-state index contributed by atoms with van der Waals surface area (Å²) in [6.45, 7) is 0.0847. The molecular formula is C21H23ClFN3O5. The molecular weight excluding hydrogens is 429 g/mol. The quantitative estimate of drug-likeness (QED) is 0.421. The fraction of sp³-hybridized carbons (Fsp3) is 0.333. The summed E-state index contributed by atoms with van der Waals surface area (Å²) in [5.41, 5.74) is 3.75. The van der Waals surface area contributed by atoms with Crippen molar-refractivity contribution in [2.24, 2.45) is 4.99 Å². The Morgan fingerprint density at radius 2 is 2.06 bits per heavy atom. The van der Waals surface area contributed by atoms with E-state index >= 15 is 0 Å². The Morgan fingerprint density at radius 3 is 2.74 bits per heavy atom. The number of carbonyl (C=O) groups is 1. The van der Waals surface area contributed by atoms with Crippen molar-refractivity contribution in [1.29, 1.82) is 0 Å². The number of alkyl carbamates (subject to hydrolysis) is 1. The largest absolute Gasteiger partial charge is 0.497 e. The third kappa shape index (κ3) is 6.06. The number of ether oxygens (including phenoxy) is 2. The third-order valence-electron chi connectivity index (χ3n) is 4.69. The van der Waals surface area contributed by atoms with E-state index in [-0.39, 0.29) is 31.4 Å². The average Bonchev–Trinajstić information content (AvgIpc) is 3.15. The average molecular weight is 452 g/mol. The fourth-order valence-electron chi connectivity index (χ4n) is 3.15. The van der Waals surface area contributed by atoms with Crippen molar-refractivity contribution in [2.75, 3.05) is 26.9 Å². The minimum Gasteiger partial charge on any atom is -0.497 e. The van der Waals surface area contributed by atoms with Crippen LogP contribution in [0, 0.1) is 5.82 Å². The van der Waals surface area contributed by atoms with Crippen LogP contribution in [0.1, 0.15) is 17.0 Å². The SMILES string of the molecule is COc1ccc(COC(=O)N[C@@H]2C(NOCCO)=NC[C@H]2c2ccc(Cl)cc2F)cc1. The maximum Gasteiger partial charge on any atom is 0.408 e. The molecule has 0 fully saturated rings. The maximum absolute atomic E-state index is 14.5. The first-order chi connectivity index (χ1) is 15.0. The lowest BCUT2D eigenvalue weighted by atomic mass is 9.92. The topological polar surface area (TPSA) is 101 Å². The van der Waals surface area contributed by atoms with Crippen LogP contribution in [0.25, 0.3) is 0 Å². The van der Waals surface area contributed by atoms with Gasteiger partial charge in [-0.2, -0.15) is 0 Å². The number of hydrogen-bond donors (Lipinski definition) is 3. The monoisotopic (exact) mass is 451 g/mol. The van der Waals surface area contributed by atoms with E-state index in [0.29, 0.717) is 17.1 Å². The van der Waals surface area contributed by atoms with Crippen LogP contribution in [-0.4, -0.2) is 49.9 Å². The van der Waals surface area contributed by atoms with Crippen molar-refractivity contribution in [1.82, 2.24) is 10.8 Å². The molecule has 1 amide bonds. The second-order valence-corrected chi connectivity index (χ2v) is 7.16. The number of amides is 1. The number of hydroxylamine groups is 1. The van der Waals surface area contributed by atoms with Crippen molar-refractivity contribution < 1.29 is 28.6 Å². The molecule has 0 radical (unpaired) electrons. The Labute approximate surface area is 183 Å². The lowest BCUT2D eigenvalue weighted by Gasteiger charge is -2.23. The summed E-state index contributed by atoms with van der Waals surface area (Å²) in [5.74, 6) is 0.00523. The molecule has 8 nitrogen and oxygen atoms in total. The predicted molar refractivity (Wildman–Crippen MR) is 113 cm³/mol. The number of aliphatic imine (C=N–C) groups is 1. The zero-order valence-corrected chi connectivity index (χ0v) is 17.6. The number of carbonyl (C=O) groups excluding carboxylic acids is 1. The second-order valence-electron chi connectivity index (χ2n) is 6.72. The van der Waals surface area contributed by atoms with Crippen molar-refractivity contribution >= 4 is 23.5 Å². The molecule has 0 bridgehead atoms. The van der Waals surface area contributed by atoms with Gasteiger partial charge in [-0.3, -0.25) is 15.3 Å². The minimum atomic E-state index is -0.724. The first-order valence-electron chi connectivity index (χ1n) is 9.56. The Bertz CT molecular complexity index is 926. The van der Waals surface area contributed by atoms with Crippen LogP contribution in [0.3, 0.4) is 0 Å². The van der Waals surface area contributed by atoms with E-state index in [4.69, 9.17) is 31.0 Å². The van der Waals surface area contributed by atoms with E-state index in [1.807, 2.05) is 0 Å². The molecule has 0 aliphatic carbocycles. The molecule has 166 valence electrons. The number of halogens is 2. The van der Waals surface area contributed by atoms with Gasteiger partial charge in [0.1, 0.15) is 30.1 Å². The van der Waals surface area contributed by atoms with Gasteiger partial charge in [0.25, 0.3) is 0 Å². The van der Waals surface area contributed by atoms with Crippen molar-refractivity contribution in [3.8, 4) is 5.75 Å². The van der Waals surface area contributed by atoms with E-state index in [2.05, 4.69) is 15.8 Å². The molecule has 31 heavy (non-hydrogen) atoms. The Kier molecular flexibility index (Phi) is 8.05. The molecule has 0 aromatic heterocycles. The van der Waals surface area contributed by atoms with Gasteiger partial charge < -0.3 is 19.9 Å². The molecule has 10 heteroatoms. The summed E-state index contributed by atoms with van der Waals surface area (Å²) in [6, 6.07) is 10.7. The highest BCUT2D eigenvalue weighted by Gasteiger charge is 2.36. The molecule has 0 saturated carbocycles. The first kappa shape index (κ1) is 22.8. The van der Waals surface area contributed by atoms with Crippen LogP contribution in [0.2, 0.25) is 5.02 Å². The number of nitrogens with one attached hydrogen (secondary N) is 2. The summed E-state index contributed by atoms with van der Waals surface area (Å²) in [6.07, 6.45) is -0.696. The van der Waals surface area contributed by atoms with Crippen molar-refractivity contribution in [2.45, 2.75) is 18.6 Å². The third-order valence-corrected chi connectivity index (χ3v) is 4.92. The minimum absolute atomic E-state index is 0.0215. The van der Waals surface area contributed by atoms with Gasteiger partial charge in [-0.05, 0) is 35.4 Å². The summed E-state index contributed by atoms with van der Waals surface area (Å²) >= 11 is 5.85. The highest BCUT2D eigenvalue weighted by atomic mass is 35.5. The number of hydrogen-bond acceptors (Lipinski definition) is 7. The van der Waals surface area contributed by atoms with Gasteiger partial charge in [-0.15, -0.1) is 0 Å². The second kappa shape index (κ2) is 10.9. The van der Waals surface area contributed by atoms with E-state index in [1.165, 1.54) is 6.07 Å². The lowest BCUT2D eigenvalue weighted by Crippen LogP contribution is -2.48. The zero-order chi connectivity index (χ0) is 22.2. The molecule has 1 aliphatic heterocycles. The standard InChI is InChI=1S/C21H23ClFN3O5/c1-29-15-5-2-13(3-6-15)12-30-21(28)25-19-17(11-24-20(19)26-31-9-8-27)16-7-4-14(22)10-18(16)23/h2-7,10,17,19,27H,8-9,11-12H2,1H3,(H,24,26)(H,25,28)/t17-,19-/m0/s1. The predicted octanol–water partition coefficient (Wildman–Crippen LogP) is 2.79. The summed E-state index contributed by atoms with van der Waals surface area (Å²) in [4.78, 5) is 21.9. The van der Waals surface area contributed by atoms with Crippen LogP contribution in [0.15, 0.2) is 47.5 Å². The van der Waals surface area contributed by atoms with Gasteiger partial charge >= 0.3 is 6.09 Å². The van der Waals surface area contributed by atoms with E-state index in [0.717, 1.165) is 5.56 Å². The Balaban J connectivity index is 1.68. The fourth-order valence-corrected chi connectivity index (χ4v) is 3.30. The first-order valence-corrected chi connectivity index (χ1v) is 9.93. The molecule has 0 saturated heterocycles. The molecule has 1 heterocycles. The van der Waals surface area contributed by atoms with Gasteiger partial charge in [-0.25, -0.2) is 9.18 Å². The normalized spacial score (nSPS) is 17.7. The highest BCUT2D eigenvalue weighted by Crippen LogP contribution is 2.29. The van der Waals surface area contributed by atoms with Crippen LogP contribution < -0.4 is 15.5 Å². The molecule has 1 aliphatic rings. The molecule has 2 aromatic carbocycles. The van der Waals surface area contributed by atoms with Crippen LogP contribution in [0.4, 0.5) is 9.18 Å². The van der Waals surface area contributed by atoms with Crippen LogP contribution >= 0.6 is 11.6 Å². The van der Waals surface area contributed by atoms with E-state index in [1.54, 1.807) is 43.5 Å². The number of benzene rings is 2. The number of aliphatic hydroxyl groups is 1. The van der Waals surface area contributed by atoms with Crippen LogP contribution in [-0.2, 0) is 16.2 Å². The van der Waals surface area contributed by atoms with Gasteiger partial charge in [0.15, 0.2) is 0 Å². The van der Waals surface area contributed by atoms with Crippen LogP contribution in [0.5, 0.6) is 5.75 Å². The van der Waals surface area contributed by atoms with E-state index < -0.39 is 23.9 Å². The maximum atomic E-state index is 14.5. The molecule has 2 aromatic rings. The van der Waals surface area contributed by atoms with Gasteiger partial charge in [-0.1, -0.05) is 29.8 Å². The summed E-state index contributed by atoms with van der Waals surface area (Å²) < 4.78 is 24.9. The van der Waals surface area contributed by atoms with Crippen molar-refractivity contribution in [3.05, 3.63) is 64.4 Å². The van der Waals surface area contributed by atoms with Gasteiger partial charge in [0.2, 0.25) is 0 Å². The number of amidine groups is 1. The van der Waals surface area contributed by atoms with Gasteiger partial charge in [0, 0.05) is 10.9 Å². The lowest BCUT2D eigenvalue weighted by molar-refractivity contribution is 0.0513. The molecule has 0 unspecified atom stereocenters. The number of nitrogens with zero attached hydrogens (tertiary/aromatic N) is 1. The number of aliphatic hydroxyl groups excluding tert-OH is 1. The molecule has 3 rings (SSSR count). The van der Waals surface area contributed by atoms with Gasteiger partial charge in [0.05, 0.1) is 26.9 Å². The smallest absolute Gasteiger partial charge is 0.408 e. The summed E-state index contributed by atoms with van der Waals surface area (Å²) in [7, 11) is 1.57. The number of rotatable bonds is 8. The Morgan fingerprint density at radius 1 is 1.29 bits per heavy atom. The molecule has 0 spiro atoms. The highest BCUT2D eigenvalue weighted by molar-refractivity contribution is 6.30. The molecule has 2 atom stereocenters. The number of methoxy groups -OCH3 is 1. The van der Waals surface area contributed by atoms with Crippen molar-refractivity contribution in [3.63, 3.8) is 0 Å². The Hall–Kier alpha value is -2.88.